The minimum Gasteiger partial charge on any atom is -0.357 e. The summed E-state index contributed by atoms with van der Waals surface area (Å²) in [6.07, 6.45) is 5.19. The molecule has 0 aliphatic carbocycles. The zero-order valence-electron chi connectivity index (χ0n) is 16.3. The molecule has 1 aromatic carbocycles. The van der Waals surface area contributed by atoms with E-state index in [-0.39, 0.29) is 12.1 Å². The van der Waals surface area contributed by atoms with Gasteiger partial charge in [-0.25, -0.2) is 9.78 Å². The molecule has 27 heavy (non-hydrogen) atoms. The van der Waals surface area contributed by atoms with Crippen LogP contribution in [0.25, 0.3) is 0 Å². The van der Waals surface area contributed by atoms with Gasteiger partial charge in [-0.2, -0.15) is 0 Å². The lowest BCUT2D eigenvalue weighted by Crippen LogP contribution is -2.38. The molecular weight excluding hydrogens is 336 g/mol. The Morgan fingerprint density at radius 1 is 1.15 bits per heavy atom. The lowest BCUT2D eigenvalue weighted by molar-refractivity contribution is 0.234. The maximum atomic E-state index is 12.5. The van der Waals surface area contributed by atoms with Crippen molar-refractivity contribution < 1.29 is 4.79 Å². The highest BCUT2D eigenvalue weighted by Crippen LogP contribution is 2.21. The molecule has 3 rings (SSSR count). The van der Waals surface area contributed by atoms with Gasteiger partial charge in [-0.3, -0.25) is 0 Å². The monoisotopic (exact) mass is 366 g/mol. The van der Waals surface area contributed by atoms with Gasteiger partial charge in [0, 0.05) is 25.8 Å². The topological polar surface area (TPSA) is 57.3 Å². The maximum absolute atomic E-state index is 12.5. The largest absolute Gasteiger partial charge is 0.357 e. The van der Waals surface area contributed by atoms with Gasteiger partial charge < -0.3 is 15.5 Å². The first-order valence-corrected chi connectivity index (χ1v) is 9.91. The Kier molecular flexibility index (Phi) is 6.69. The second kappa shape index (κ2) is 9.40. The molecule has 0 spiro atoms. The molecule has 2 amide bonds. The Morgan fingerprint density at radius 3 is 2.59 bits per heavy atom. The zero-order valence-corrected chi connectivity index (χ0v) is 16.3. The summed E-state index contributed by atoms with van der Waals surface area (Å²) in [5.74, 6) is 1.51. The predicted octanol–water partition coefficient (Wildman–Crippen LogP) is 4.27. The molecule has 0 radical (unpaired) electrons. The molecule has 5 heteroatoms. The summed E-state index contributed by atoms with van der Waals surface area (Å²) < 4.78 is 0. The van der Waals surface area contributed by atoms with E-state index in [1.165, 1.54) is 12.8 Å². The van der Waals surface area contributed by atoms with E-state index < -0.39 is 0 Å². The summed E-state index contributed by atoms with van der Waals surface area (Å²) in [5.41, 5.74) is 2.21. The number of benzene rings is 1. The van der Waals surface area contributed by atoms with Crippen molar-refractivity contribution in [1.82, 2.24) is 15.6 Å². The van der Waals surface area contributed by atoms with Crippen LogP contribution >= 0.6 is 0 Å². The van der Waals surface area contributed by atoms with Crippen molar-refractivity contribution in [2.75, 3.05) is 18.0 Å². The number of nitrogens with one attached hydrogen (secondary N) is 2. The number of hydrogen-bond donors (Lipinski definition) is 2. The molecular formula is C22H30N4O. The summed E-state index contributed by atoms with van der Waals surface area (Å²) in [7, 11) is 0. The van der Waals surface area contributed by atoms with E-state index in [0.717, 1.165) is 36.5 Å². The minimum atomic E-state index is -0.135. The third kappa shape index (κ3) is 5.71. The third-order valence-electron chi connectivity index (χ3n) is 4.91. The summed E-state index contributed by atoms with van der Waals surface area (Å²) in [6, 6.07) is 14.1. The number of urea groups is 1. The van der Waals surface area contributed by atoms with Gasteiger partial charge in [-0.05, 0) is 48.4 Å². The first-order valence-electron chi connectivity index (χ1n) is 9.91. The number of pyridine rings is 1. The van der Waals surface area contributed by atoms with Crippen molar-refractivity contribution in [2.24, 2.45) is 5.92 Å². The predicted molar refractivity (Wildman–Crippen MR) is 110 cm³/mol. The van der Waals surface area contributed by atoms with Gasteiger partial charge in [0.2, 0.25) is 0 Å². The lowest BCUT2D eigenvalue weighted by Gasteiger charge is -2.21. The number of rotatable bonds is 7. The molecule has 1 aliphatic rings. The van der Waals surface area contributed by atoms with Crippen molar-refractivity contribution in [2.45, 2.75) is 45.7 Å². The van der Waals surface area contributed by atoms with Gasteiger partial charge >= 0.3 is 6.03 Å². The van der Waals surface area contributed by atoms with Crippen LogP contribution in [-0.2, 0) is 6.54 Å². The normalized spacial score (nSPS) is 15.0. The lowest BCUT2D eigenvalue weighted by atomic mass is 9.97. The molecule has 1 fully saturated rings. The molecule has 0 saturated carbocycles. The fourth-order valence-corrected chi connectivity index (χ4v) is 3.52. The van der Waals surface area contributed by atoms with E-state index in [0.29, 0.717) is 12.5 Å². The van der Waals surface area contributed by atoms with E-state index in [1.807, 2.05) is 30.5 Å². The SMILES string of the molecule is CC(C)CC(NC(=O)NCc1ccnc(N2CCCC2)c1)c1ccccc1. The van der Waals surface area contributed by atoms with Crippen LogP contribution in [-0.4, -0.2) is 24.1 Å². The Balaban J connectivity index is 1.57. The Hall–Kier alpha value is -2.56. The first-order chi connectivity index (χ1) is 13.1. The van der Waals surface area contributed by atoms with E-state index in [2.05, 4.69) is 52.6 Å². The van der Waals surface area contributed by atoms with Crippen molar-refractivity contribution in [3.63, 3.8) is 0 Å². The number of anilines is 1. The summed E-state index contributed by atoms with van der Waals surface area (Å²) in [6.45, 7) is 6.98. The highest BCUT2D eigenvalue weighted by atomic mass is 16.2. The molecule has 1 saturated heterocycles. The van der Waals surface area contributed by atoms with Crippen LogP contribution in [0.2, 0.25) is 0 Å². The smallest absolute Gasteiger partial charge is 0.315 e. The number of carbonyl (C=O) groups excluding carboxylic acids is 1. The van der Waals surface area contributed by atoms with Crippen molar-refractivity contribution in [3.05, 3.63) is 59.8 Å². The molecule has 5 nitrogen and oxygen atoms in total. The van der Waals surface area contributed by atoms with Gasteiger partial charge in [0.1, 0.15) is 5.82 Å². The number of hydrogen-bond acceptors (Lipinski definition) is 3. The summed E-state index contributed by atoms with van der Waals surface area (Å²) in [5, 5.41) is 6.12. The Bertz CT molecular complexity index is 726. The first kappa shape index (κ1) is 19.2. The molecule has 1 unspecified atom stereocenters. The van der Waals surface area contributed by atoms with Gasteiger partial charge in [-0.1, -0.05) is 44.2 Å². The standard InChI is InChI=1S/C22H30N4O/c1-17(2)14-20(19-8-4-3-5-9-19)25-22(27)24-16-18-10-11-23-21(15-18)26-12-6-7-13-26/h3-5,8-11,15,17,20H,6-7,12-14,16H2,1-2H3,(H2,24,25,27). The number of aromatic nitrogens is 1. The van der Waals surface area contributed by atoms with E-state index in [9.17, 15) is 4.79 Å². The second-order valence-corrected chi connectivity index (χ2v) is 7.64. The van der Waals surface area contributed by atoms with Crippen molar-refractivity contribution in [1.29, 1.82) is 0 Å². The van der Waals surface area contributed by atoms with Crippen LogP contribution in [0.15, 0.2) is 48.7 Å². The minimum absolute atomic E-state index is 0.0174. The Morgan fingerprint density at radius 2 is 1.89 bits per heavy atom. The zero-order chi connectivity index (χ0) is 19.1. The maximum Gasteiger partial charge on any atom is 0.315 e. The highest BCUT2D eigenvalue weighted by molar-refractivity contribution is 5.74. The van der Waals surface area contributed by atoms with Crippen LogP contribution in [0.1, 0.15) is 50.3 Å². The summed E-state index contributed by atoms with van der Waals surface area (Å²) in [4.78, 5) is 19.2. The number of carbonyl (C=O) groups is 1. The molecule has 2 aromatic rings. The molecule has 144 valence electrons. The van der Waals surface area contributed by atoms with E-state index in [1.54, 1.807) is 0 Å². The molecule has 0 bridgehead atoms. The van der Waals surface area contributed by atoms with Crippen molar-refractivity contribution >= 4 is 11.8 Å². The van der Waals surface area contributed by atoms with Gasteiger partial charge in [0.05, 0.1) is 6.04 Å². The quantitative estimate of drug-likeness (QED) is 0.769. The molecule has 1 aromatic heterocycles. The average molecular weight is 367 g/mol. The third-order valence-corrected chi connectivity index (χ3v) is 4.91. The molecule has 1 atom stereocenters. The number of amides is 2. The Labute approximate surface area is 162 Å². The van der Waals surface area contributed by atoms with Crippen LogP contribution in [0.5, 0.6) is 0 Å². The van der Waals surface area contributed by atoms with Crippen LogP contribution < -0.4 is 15.5 Å². The average Bonchev–Trinajstić information content (AvgIpc) is 3.21. The number of nitrogens with zero attached hydrogens (tertiary/aromatic N) is 2. The molecule has 2 heterocycles. The molecule has 1 aliphatic heterocycles. The highest BCUT2D eigenvalue weighted by Gasteiger charge is 2.16. The van der Waals surface area contributed by atoms with Crippen molar-refractivity contribution in [3.8, 4) is 0 Å². The van der Waals surface area contributed by atoms with Gasteiger partial charge in [0.25, 0.3) is 0 Å². The summed E-state index contributed by atoms with van der Waals surface area (Å²) >= 11 is 0. The van der Waals surface area contributed by atoms with Gasteiger partial charge in [-0.15, -0.1) is 0 Å². The van der Waals surface area contributed by atoms with E-state index >= 15 is 0 Å². The second-order valence-electron chi connectivity index (χ2n) is 7.64. The fourth-order valence-electron chi connectivity index (χ4n) is 3.52. The van der Waals surface area contributed by atoms with Crippen LogP contribution in [0.4, 0.5) is 10.6 Å². The van der Waals surface area contributed by atoms with Gasteiger partial charge in [0.15, 0.2) is 0 Å². The molecule has 2 N–H and O–H groups in total. The van der Waals surface area contributed by atoms with Crippen LogP contribution in [0, 0.1) is 5.92 Å². The van der Waals surface area contributed by atoms with Crippen LogP contribution in [0.3, 0.4) is 0 Å². The van der Waals surface area contributed by atoms with E-state index in [4.69, 9.17) is 0 Å². The fraction of sp³-hybridized carbons (Fsp3) is 0.455.